The quantitative estimate of drug-likeness (QED) is 0.748. The highest BCUT2D eigenvalue weighted by Crippen LogP contribution is 2.28. The molecule has 0 spiro atoms. The van der Waals surface area contributed by atoms with Crippen LogP contribution in [-0.4, -0.2) is 29.3 Å². The van der Waals surface area contributed by atoms with Gasteiger partial charge in [0.25, 0.3) is 0 Å². The molecule has 16 heavy (non-hydrogen) atoms. The van der Waals surface area contributed by atoms with Gasteiger partial charge in [0.15, 0.2) is 9.84 Å². The van der Waals surface area contributed by atoms with Crippen LogP contribution in [0.1, 0.15) is 18.0 Å². The Balaban J connectivity index is 2.01. The van der Waals surface area contributed by atoms with Crippen molar-refractivity contribution in [2.24, 2.45) is 0 Å². The van der Waals surface area contributed by atoms with Gasteiger partial charge in [-0.2, -0.15) is 0 Å². The van der Waals surface area contributed by atoms with Crippen molar-refractivity contribution in [1.29, 1.82) is 0 Å². The molecule has 3 rings (SSSR count). The van der Waals surface area contributed by atoms with E-state index in [9.17, 15) is 8.42 Å². The first-order valence-corrected chi connectivity index (χ1v) is 7.10. The van der Waals surface area contributed by atoms with Crippen molar-refractivity contribution in [2.45, 2.75) is 12.3 Å². The molecule has 0 radical (unpaired) electrons. The second-order valence-electron chi connectivity index (χ2n) is 4.23. The Kier molecular flexibility index (Phi) is 2.04. The van der Waals surface area contributed by atoms with E-state index in [-0.39, 0.29) is 11.7 Å². The summed E-state index contributed by atoms with van der Waals surface area (Å²) in [6.45, 7) is 0. The van der Waals surface area contributed by atoms with E-state index in [0.717, 1.165) is 11.3 Å². The van der Waals surface area contributed by atoms with Crippen LogP contribution < -0.4 is 0 Å². The Morgan fingerprint density at radius 3 is 2.94 bits per heavy atom. The summed E-state index contributed by atoms with van der Waals surface area (Å²) in [5.41, 5.74) is 1.77. The fourth-order valence-electron chi connectivity index (χ4n) is 2.18. The number of pyridine rings is 1. The summed E-state index contributed by atoms with van der Waals surface area (Å²) in [4.78, 5) is 4.46. The molecule has 1 aliphatic rings. The maximum Gasteiger partial charge on any atom is 0.151 e. The molecule has 1 aliphatic heterocycles. The average molecular weight is 236 g/mol. The van der Waals surface area contributed by atoms with Gasteiger partial charge in [0, 0.05) is 18.3 Å². The van der Waals surface area contributed by atoms with Crippen molar-refractivity contribution in [3.63, 3.8) is 0 Å². The molecule has 0 N–H and O–H groups in total. The predicted octanol–water partition coefficient (Wildman–Crippen LogP) is 1.24. The van der Waals surface area contributed by atoms with Gasteiger partial charge in [0.1, 0.15) is 5.65 Å². The maximum atomic E-state index is 11.4. The molecule has 1 unspecified atom stereocenters. The minimum Gasteiger partial charge on any atom is -0.307 e. The lowest BCUT2D eigenvalue weighted by Gasteiger charge is -2.00. The molecule has 0 aliphatic carbocycles. The molecule has 0 amide bonds. The molecule has 1 atom stereocenters. The van der Waals surface area contributed by atoms with Crippen molar-refractivity contribution in [2.75, 3.05) is 11.5 Å². The van der Waals surface area contributed by atoms with Crippen LogP contribution in [0.2, 0.25) is 0 Å². The smallest absolute Gasteiger partial charge is 0.151 e. The highest BCUT2D eigenvalue weighted by atomic mass is 32.2. The first kappa shape index (κ1) is 9.84. The van der Waals surface area contributed by atoms with Crippen molar-refractivity contribution < 1.29 is 8.42 Å². The largest absolute Gasteiger partial charge is 0.307 e. The summed E-state index contributed by atoms with van der Waals surface area (Å²) in [6, 6.07) is 5.79. The third kappa shape index (κ3) is 1.61. The van der Waals surface area contributed by atoms with Gasteiger partial charge in [-0.05, 0) is 18.6 Å². The number of hydrogen-bond acceptors (Lipinski definition) is 3. The molecule has 4 nitrogen and oxygen atoms in total. The molecule has 84 valence electrons. The van der Waals surface area contributed by atoms with Crippen LogP contribution in [0.25, 0.3) is 5.65 Å². The van der Waals surface area contributed by atoms with Crippen molar-refractivity contribution in [1.82, 2.24) is 9.38 Å². The topological polar surface area (TPSA) is 51.4 Å². The fourth-order valence-corrected chi connectivity index (χ4v) is 3.94. The Morgan fingerprint density at radius 2 is 2.25 bits per heavy atom. The third-order valence-corrected chi connectivity index (χ3v) is 4.80. The summed E-state index contributed by atoms with van der Waals surface area (Å²) in [6.07, 6.45) is 4.56. The molecule has 0 saturated carbocycles. The second-order valence-corrected chi connectivity index (χ2v) is 6.46. The fraction of sp³-hybridized carbons (Fsp3) is 0.364. The zero-order valence-corrected chi connectivity index (χ0v) is 9.52. The molecular weight excluding hydrogens is 224 g/mol. The van der Waals surface area contributed by atoms with Crippen molar-refractivity contribution in [3.05, 3.63) is 36.3 Å². The molecule has 0 bridgehead atoms. The van der Waals surface area contributed by atoms with Crippen LogP contribution in [0.15, 0.2) is 30.6 Å². The minimum atomic E-state index is -2.83. The highest BCUT2D eigenvalue weighted by molar-refractivity contribution is 7.91. The second kappa shape index (κ2) is 3.31. The van der Waals surface area contributed by atoms with E-state index in [1.165, 1.54) is 0 Å². The van der Waals surface area contributed by atoms with Gasteiger partial charge in [-0.3, -0.25) is 0 Å². The molecule has 1 saturated heterocycles. The molecule has 5 heteroatoms. The van der Waals surface area contributed by atoms with Crippen LogP contribution >= 0.6 is 0 Å². The summed E-state index contributed by atoms with van der Waals surface area (Å²) in [5, 5.41) is 0. The number of sulfone groups is 1. The molecule has 2 aromatic rings. The first-order valence-electron chi connectivity index (χ1n) is 5.28. The Morgan fingerprint density at radius 1 is 1.38 bits per heavy atom. The Bertz CT molecular complexity index is 597. The maximum absolute atomic E-state index is 11.4. The first-order chi connectivity index (χ1) is 7.64. The standard InChI is InChI=1S/C11H12N2O2S/c14-16(15)6-4-9(8-16)10-7-13-5-2-1-3-11(13)12-10/h1-3,5,7,9H,4,6,8H2. The van der Waals surface area contributed by atoms with E-state index >= 15 is 0 Å². The number of hydrogen-bond donors (Lipinski definition) is 0. The molecule has 3 heterocycles. The third-order valence-electron chi connectivity index (χ3n) is 3.03. The van der Waals surface area contributed by atoms with Gasteiger partial charge in [-0.15, -0.1) is 0 Å². The Labute approximate surface area is 93.8 Å². The SMILES string of the molecule is O=S1(=O)CCC(c2cn3ccccc3n2)C1. The summed E-state index contributed by atoms with van der Waals surface area (Å²) in [5.74, 6) is 0.618. The molecule has 0 aromatic carbocycles. The van der Waals surface area contributed by atoms with Crippen LogP contribution in [0, 0.1) is 0 Å². The number of aromatic nitrogens is 2. The van der Waals surface area contributed by atoms with Gasteiger partial charge in [-0.1, -0.05) is 6.07 Å². The summed E-state index contributed by atoms with van der Waals surface area (Å²) >= 11 is 0. The predicted molar refractivity (Wildman–Crippen MR) is 61.2 cm³/mol. The minimum absolute atomic E-state index is 0.0740. The van der Waals surface area contributed by atoms with E-state index in [1.54, 1.807) is 0 Å². The van der Waals surface area contributed by atoms with Crippen molar-refractivity contribution in [3.8, 4) is 0 Å². The van der Waals surface area contributed by atoms with Gasteiger partial charge in [0.05, 0.1) is 17.2 Å². The van der Waals surface area contributed by atoms with E-state index < -0.39 is 9.84 Å². The van der Waals surface area contributed by atoms with Crippen molar-refractivity contribution >= 4 is 15.5 Å². The lowest BCUT2D eigenvalue weighted by molar-refractivity contribution is 0.601. The number of fused-ring (bicyclic) bond motifs is 1. The van der Waals surface area contributed by atoms with Gasteiger partial charge < -0.3 is 4.40 Å². The molecule has 1 fully saturated rings. The number of nitrogens with zero attached hydrogens (tertiary/aromatic N) is 2. The van der Waals surface area contributed by atoms with Crippen LogP contribution in [0.3, 0.4) is 0 Å². The summed E-state index contributed by atoms with van der Waals surface area (Å²) < 4.78 is 24.7. The van der Waals surface area contributed by atoms with E-state index in [4.69, 9.17) is 0 Å². The molecular formula is C11H12N2O2S. The average Bonchev–Trinajstić information content (AvgIpc) is 2.80. The summed E-state index contributed by atoms with van der Waals surface area (Å²) in [7, 11) is -2.83. The normalized spacial score (nSPS) is 23.9. The van der Waals surface area contributed by atoms with Crippen LogP contribution in [0.5, 0.6) is 0 Å². The van der Waals surface area contributed by atoms with E-state index in [2.05, 4.69) is 4.98 Å². The lowest BCUT2D eigenvalue weighted by Crippen LogP contribution is -2.03. The van der Waals surface area contributed by atoms with Gasteiger partial charge in [0.2, 0.25) is 0 Å². The Hall–Kier alpha value is -1.36. The number of rotatable bonds is 1. The van der Waals surface area contributed by atoms with E-state index in [1.807, 2.05) is 35.0 Å². The van der Waals surface area contributed by atoms with Gasteiger partial charge >= 0.3 is 0 Å². The lowest BCUT2D eigenvalue weighted by atomic mass is 10.1. The zero-order valence-electron chi connectivity index (χ0n) is 8.70. The zero-order chi connectivity index (χ0) is 11.2. The van der Waals surface area contributed by atoms with Crippen LogP contribution in [-0.2, 0) is 9.84 Å². The van der Waals surface area contributed by atoms with Gasteiger partial charge in [-0.25, -0.2) is 13.4 Å². The highest BCUT2D eigenvalue weighted by Gasteiger charge is 2.30. The molecule has 2 aromatic heterocycles. The van der Waals surface area contributed by atoms with E-state index in [0.29, 0.717) is 12.2 Å². The van der Waals surface area contributed by atoms with Crippen LogP contribution in [0.4, 0.5) is 0 Å². The number of imidazole rings is 1. The monoisotopic (exact) mass is 236 g/mol.